The Labute approximate surface area is 166 Å². The van der Waals surface area contributed by atoms with Crippen LogP contribution in [0.5, 0.6) is 0 Å². The van der Waals surface area contributed by atoms with Crippen molar-refractivity contribution < 1.29 is 9.59 Å². The van der Waals surface area contributed by atoms with E-state index in [0.717, 1.165) is 11.1 Å². The second kappa shape index (κ2) is 7.82. The van der Waals surface area contributed by atoms with Gasteiger partial charge in [0, 0.05) is 10.7 Å². The summed E-state index contributed by atoms with van der Waals surface area (Å²) in [5, 5.41) is 14.1. The van der Waals surface area contributed by atoms with E-state index in [0.29, 0.717) is 30.1 Å². The average molecular weight is 396 g/mol. The Kier molecular flexibility index (Phi) is 5.08. The molecule has 0 saturated heterocycles. The van der Waals surface area contributed by atoms with Gasteiger partial charge in [-0.25, -0.2) is 4.68 Å². The van der Waals surface area contributed by atoms with Crippen LogP contribution in [0, 0.1) is 0 Å². The molecule has 142 valence electrons. The molecule has 4 rings (SSSR count). The highest BCUT2D eigenvalue weighted by Crippen LogP contribution is 2.25. The number of hydrogen-bond donors (Lipinski definition) is 2. The van der Waals surface area contributed by atoms with Crippen molar-refractivity contribution in [1.29, 1.82) is 0 Å². The third-order valence-corrected chi connectivity index (χ3v) is 4.85. The molecule has 0 saturated carbocycles. The summed E-state index contributed by atoms with van der Waals surface area (Å²) < 4.78 is 1.59. The second-order valence-electron chi connectivity index (χ2n) is 6.64. The predicted octanol–water partition coefficient (Wildman–Crippen LogP) is 2.66. The van der Waals surface area contributed by atoms with Crippen LogP contribution in [-0.2, 0) is 17.8 Å². The van der Waals surface area contributed by atoms with E-state index >= 15 is 0 Å². The highest BCUT2D eigenvalue weighted by molar-refractivity contribution is 6.31. The minimum absolute atomic E-state index is 0.175. The summed E-state index contributed by atoms with van der Waals surface area (Å²) in [5.41, 5.74) is 2.90. The van der Waals surface area contributed by atoms with Crippen molar-refractivity contribution in [2.24, 2.45) is 0 Å². The molecule has 0 fully saturated rings. The highest BCUT2D eigenvalue weighted by atomic mass is 35.5. The van der Waals surface area contributed by atoms with Gasteiger partial charge in [0.1, 0.15) is 6.04 Å². The molecule has 2 aromatic carbocycles. The summed E-state index contributed by atoms with van der Waals surface area (Å²) >= 11 is 6.00. The molecule has 28 heavy (non-hydrogen) atoms. The average Bonchev–Trinajstić information content (AvgIpc) is 3.09. The van der Waals surface area contributed by atoms with Gasteiger partial charge in [0.2, 0.25) is 5.91 Å². The normalized spacial score (nSPS) is 16.0. The molecule has 1 aliphatic heterocycles. The van der Waals surface area contributed by atoms with Crippen LogP contribution in [0.15, 0.2) is 54.7 Å². The van der Waals surface area contributed by atoms with Gasteiger partial charge in [0.25, 0.3) is 5.91 Å². The smallest absolute Gasteiger partial charge is 0.274 e. The molecule has 0 bridgehead atoms. The predicted molar refractivity (Wildman–Crippen MR) is 105 cm³/mol. The van der Waals surface area contributed by atoms with E-state index in [2.05, 4.69) is 20.9 Å². The van der Waals surface area contributed by atoms with Crippen LogP contribution < -0.4 is 10.6 Å². The van der Waals surface area contributed by atoms with E-state index in [1.165, 1.54) is 0 Å². The lowest BCUT2D eigenvalue weighted by atomic mass is 10.1. The van der Waals surface area contributed by atoms with Gasteiger partial charge in [-0.15, -0.1) is 5.10 Å². The van der Waals surface area contributed by atoms with Crippen molar-refractivity contribution in [3.05, 3.63) is 76.6 Å². The lowest BCUT2D eigenvalue weighted by Gasteiger charge is -2.14. The molecule has 7 nitrogen and oxygen atoms in total. The number of carbonyl (C=O) groups is 2. The van der Waals surface area contributed by atoms with Crippen molar-refractivity contribution in [2.75, 3.05) is 5.32 Å². The van der Waals surface area contributed by atoms with E-state index in [-0.39, 0.29) is 11.6 Å². The van der Waals surface area contributed by atoms with E-state index in [9.17, 15) is 9.59 Å². The highest BCUT2D eigenvalue weighted by Gasteiger charge is 2.26. The Balaban J connectivity index is 1.42. The van der Waals surface area contributed by atoms with Gasteiger partial charge in [-0.3, -0.25) is 9.59 Å². The Hall–Kier alpha value is -3.19. The maximum absolute atomic E-state index is 12.5. The summed E-state index contributed by atoms with van der Waals surface area (Å²) in [6, 6.07) is 14.5. The number of nitrogens with zero attached hydrogens (tertiary/aromatic N) is 3. The summed E-state index contributed by atoms with van der Waals surface area (Å²) in [6.45, 7) is 0.515. The lowest BCUT2D eigenvalue weighted by Crippen LogP contribution is -2.43. The third-order valence-electron chi connectivity index (χ3n) is 4.61. The summed E-state index contributed by atoms with van der Waals surface area (Å²) in [4.78, 5) is 25.0. The van der Waals surface area contributed by atoms with Crippen molar-refractivity contribution in [1.82, 2.24) is 20.3 Å². The maximum Gasteiger partial charge on any atom is 0.274 e. The SMILES string of the molecule is O=C(N[C@H]1CCc2ccc(Cl)cc2NC1=O)c1cn(Cc2ccccc2)nn1. The fourth-order valence-electron chi connectivity index (χ4n) is 3.15. The molecule has 3 aromatic rings. The number of carbonyl (C=O) groups excluding carboxylic acids is 2. The van der Waals surface area contributed by atoms with Crippen molar-refractivity contribution in [3.8, 4) is 0 Å². The van der Waals surface area contributed by atoms with Gasteiger partial charge in [0.05, 0.1) is 12.7 Å². The topological polar surface area (TPSA) is 88.9 Å². The van der Waals surface area contributed by atoms with Crippen LogP contribution in [0.1, 0.15) is 28.0 Å². The number of aryl methyl sites for hydroxylation is 1. The number of rotatable bonds is 4. The van der Waals surface area contributed by atoms with Crippen LogP contribution in [-0.4, -0.2) is 32.9 Å². The molecule has 1 aliphatic rings. The van der Waals surface area contributed by atoms with Gasteiger partial charge in [0.15, 0.2) is 5.69 Å². The fraction of sp³-hybridized carbons (Fsp3) is 0.200. The largest absolute Gasteiger partial charge is 0.339 e. The summed E-state index contributed by atoms with van der Waals surface area (Å²) in [5.74, 6) is -0.700. The standard InChI is InChI=1S/C20H18ClN5O2/c21-15-8-6-14-7-9-16(19(27)23-17(14)10-15)22-20(28)18-12-26(25-24-18)11-13-4-2-1-3-5-13/h1-6,8,10,12,16H,7,9,11H2,(H,22,28)(H,23,27)/t16-/m0/s1. The number of hydrogen-bond acceptors (Lipinski definition) is 4. The third kappa shape index (κ3) is 4.04. The van der Waals surface area contributed by atoms with Crippen molar-refractivity contribution >= 4 is 29.1 Å². The Morgan fingerprint density at radius 2 is 2.07 bits per heavy atom. The lowest BCUT2D eigenvalue weighted by molar-refractivity contribution is -0.118. The number of amides is 2. The van der Waals surface area contributed by atoms with Crippen LogP contribution in [0.3, 0.4) is 0 Å². The first kappa shape index (κ1) is 18.2. The molecule has 2 N–H and O–H groups in total. The molecule has 0 radical (unpaired) electrons. The Bertz CT molecular complexity index is 1020. The molecule has 0 spiro atoms. The molecule has 0 aliphatic carbocycles. The quantitative estimate of drug-likeness (QED) is 0.710. The molecule has 8 heteroatoms. The van der Waals surface area contributed by atoms with Gasteiger partial charge < -0.3 is 10.6 Å². The first-order valence-electron chi connectivity index (χ1n) is 8.93. The summed E-state index contributed by atoms with van der Waals surface area (Å²) in [6.07, 6.45) is 2.71. The van der Waals surface area contributed by atoms with Crippen LogP contribution in [0.4, 0.5) is 5.69 Å². The first-order valence-corrected chi connectivity index (χ1v) is 9.30. The van der Waals surface area contributed by atoms with Gasteiger partial charge in [-0.05, 0) is 36.1 Å². The van der Waals surface area contributed by atoms with Gasteiger partial charge >= 0.3 is 0 Å². The van der Waals surface area contributed by atoms with E-state index in [1.54, 1.807) is 23.0 Å². The number of nitrogens with one attached hydrogen (secondary N) is 2. The van der Waals surface area contributed by atoms with E-state index in [4.69, 9.17) is 11.6 Å². The Morgan fingerprint density at radius 1 is 1.25 bits per heavy atom. The first-order chi connectivity index (χ1) is 13.6. The molecule has 2 heterocycles. The molecule has 1 atom stereocenters. The van der Waals surface area contributed by atoms with Crippen LogP contribution in [0.2, 0.25) is 5.02 Å². The minimum Gasteiger partial charge on any atom is -0.339 e. The number of fused-ring (bicyclic) bond motifs is 1. The monoisotopic (exact) mass is 395 g/mol. The fourth-order valence-corrected chi connectivity index (χ4v) is 3.33. The Morgan fingerprint density at radius 3 is 2.89 bits per heavy atom. The maximum atomic E-state index is 12.5. The molecular weight excluding hydrogens is 378 g/mol. The number of aromatic nitrogens is 3. The minimum atomic E-state index is -0.655. The second-order valence-corrected chi connectivity index (χ2v) is 7.08. The van der Waals surface area contributed by atoms with Gasteiger partial charge in [-0.2, -0.15) is 0 Å². The van der Waals surface area contributed by atoms with E-state index < -0.39 is 11.9 Å². The van der Waals surface area contributed by atoms with Crippen LogP contribution >= 0.6 is 11.6 Å². The molecular formula is C20H18ClN5O2. The zero-order valence-electron chi connectivity index (χ0n) is 14.9. The zero-order valence-corrected chi connectivity index (χ0v) is 15.7. The van der Waals surface area contributed by atoms with E-state index in [1.807, 2.05) is 36.4 Å². The van der Waals surface area contributed by atoms with Crippen molar-refractivity contribution in [3.63, 3.8) is 0 Å². The zero-order chi connectivity index (χ0) is 19.5. The summed E-state index contributed by atoms with van der Waals surface area (Å²) in [7, 11) is 0. The van der Waals surface area contributed by atoms with Gasteiger partial charge in [-0.1, -0.05) is 53.2 Å². The van der Waals surface area contributed by atoms with Crippen molar-refractivity contribution in [2.45, 2.75) is 25.4 Å². The number of benzene rings is 2. The molecule has 0 unspecified atom stereocenters. The molecule has 1 aromatic heterocycles. The van der Waals surface area contributed by atoms with Crippen LogP contribution in [0.25, 0.3) is 0 Å². The molecule has 2 amide bonds. The number of halogens is 1. The number of anilines is 1.